The number of para-hydroxylation sites is 1. The second-order valence-electron chi connectivity index (χ2n) is 6.89. The number of carbonyl (C=O) groups excluding carboxylic acids is 2. The van der Waals surface area contributed by atoms with E-state index in [2.05, 4.69) is 9.97 Å². The lowest BCUT2D eigenvalue weighted by Gasteiger charge is -2.10. The molecule has 0 spiro atoms. The highest BCUT2D eigenvalue weighted by Gasteiger charge is 2.15. The van der Waals surface area contributed by atoms with Gasteiger partial charge in [0.05, 0.1) is 17.3 Å². The zero-order valence-corrected chi connectivity index (χ0v) is 16.2. The molecule has 0 aliphatic heterocycles. The number of aromatic amines is 1. The maximum Gasteiger partial charge on any atom is 0.306 e. The Morgan fingerprint density at radius 2 is 1.75 bits per heavy atom. The van der Waals surface area contributed by atoms with E-state index in [0.717, 1.165) is 16.7 Å². The van der Waals surface area contributed by atoms with Gasteiger partial charge in [-0.05, 0) is 44.0 Å². The van der Waals surface area contributed by atoms with Crippen LogP contribution in [0.25, 0.3) is 10.9 Å². The summed E-state index contributed by atoms with van der Waals surface area (Å²) in [5.74, 6) is -0.315. The predicted octanol–water partition coefficient (Wildman–Crippen LogP) is 3.21. The largest absolute Gasteiger partial charge is 0.457 e. The molecular formula is C22H22N2O4. The van der Waals surface area contributed by atoms with E-state index >= 15 is 0 Å². The van der Waals surface area contributed by atoms with Gasteiger partial charge < -0.3 is 9.72 Å². The molecule has 0 fully saturated rings. The first-order chi connectivity index (χ1) is 13.3. The summed E-state index contributed by atoms with van der Waals surface area (Å²) in [4.78, 5) is 43.5. The summed E-state index contributed by atoms with van der Waals surface area (Å²) in [5.41, 5.74) is 3.76. The Kier molecular flexibility index (Phi) is 5.68. The van der Waals surface area contributed by atoms with Gasteiger partial charge in [-0.1, -0.05) is 29.8 Å². The fourth-order valence-electron chi connectivity index (χ4n) is 3.38. The van der Waals surface area contributed by atoms with Crippen LogP contribution in [-0.2, 0) is 16.0 Å². The Hall–Kier alpha value is -3.28. The van der Waals surface area contributed by atoms with E-state index in [1.54, 1.807) is 24.3 Å². The molecule has 0 aliphatic carbocycles. The van der Waals surface area contributed by atoms with E-state index in [4.69, 9.17) is 4.74 Å². The summed E-state index contributed by atoms with van der Waals surface area (Å²) in [7, 11) is 0. The van der Waals surface area contributed by atoms with Crippen molar-refractivity contribution >= 4 is 22.7 Å². The third kappa shape index (κ3) is 4.34. The van der Waals surface area contributed by atoms with Gasteiger partial charge in [-0.2, -0.15) is 0 Å². The third-order valence-electron chi connectivity index (χ3n) is 4.55. The Labute approximate surface area is 162 Å². The number of ketones is 1. The maximum atomic E-state index is 12.4. The fraction of sp³-hybridized carbons (Fsp3) is 0.273. The van der Waals surface area contributed by atoms with Crippen molar-refractivity contribution < 1.29 is 14.3 Å². The van der Waals surface area contributed by atoms with Crippen molar-refractivity contribution in [1.82, 2.24) is 9.97 Å². The first-order valence-corrected chi connectivity index (χ1v) is 9.10. The van der Waals surface area contributed by atoms with E-state index in [1.165, 1.54) is 0 Å². The summed E-state index contributed by atoms with van der Waals surface area (Å²) in [5, 5.41) is 0.503. The number of nitrogens with one attached hydrogen (secondary N) is 1. The number of carbonyl (C=O) groups is 2. The van der Waals surface area contributed by atoms with Crippen LogP contribution in [0.5, 0.6) is 0 Å². The number of benzene rings is 2. The molecule has 3 aromatic rings. The topological polar surface area (TPSA) is 89.1 Å². The van der Waals surface area contributed by atoms with Gasteiger partial charge in [-0.15, -0.1) is 0 Å². The van der Waals surface area contributed by atoms with Crippen LogP contribution in [0.1, 0.15) is 39.3 Å². The Morgan fingerprint density at radius 3 is 2.46 bits per heavy atom. The number of rotatable bonds is 6. The number of ether oxygens (including phenoxy) is 1. The Balaban J connectivity index is 1.59. The highest BCUT2D eigenvalue weighted by Crippen LogP contribution is 2.17. The SMILES string of the molecule is Cc1cc(C)c(C(=O)COC(=O)CCc2nc3ccccc3c(=O)[nH]2)c(C)c1. The lowest BCUT2D eigenvalue weighted by molar-refractivity contribution is -0.142. The highest BCUT2D eigenvalue weighted by molar-refractivity contribution is 6.00. The normalized spacial score (nSPS) is 10.8. The van der Waals surface area contributed by atoms with Crippen LogP contribution >= 0.6 is 0 Å². The predicted molar refractivity (Wildman–Crippen MR) is 107 cm³/mol. The fourth-order valence-corrected chi connectivity index (χ4v) is 3.38. The van der Waals surface area contributed by atoms with E-state index in [1.807, 2.05) is 32.9 Å². The van der Waals surface area contributed by atoms with Crippen molar-refractivity contribution in [2.24, 2.45) is 0 Å². The van der Waals surface area contributed by atoms with Crippen LogP contribution in [0.2, 0.25) is 0 Å². The first kappa shape index (κ1) is 19.5. The van der Waals surface area contributed by atoms with Gasteiger partial charge in [0, 0.05) is 12.0 Å². The van der Waals surface area contributed by atoms with Crippen molar-refractivity contribution in [3.63, 3.8) is 0 Å². The highest BCUT2D eigenvalue weighted by atomic mass is 16.5. The monoisotopic (exact) mass is 378 g/mol. The maximum absolute atomic E-state index is 12.4. The van der Waals surface area contributed by atoms with Crippen LogP contribution in [0.15, 0.2) is 41.2 Å². The molecule has 1 N–H and O–H groups in total. The minimum absolute atomic E-state index is 0.0282. The minimum Gasteiger partial charge on any atom is -0.457 e. The molecule has 6 heteroatoms. The van der Waals surface area contributed by atoms with Gasteiger partial charge in [-0.25, -0.2) is 4.98 Å². The summed E-state index contributed by atoms with van der Waals surface area (Å²) in [6, 6.07) is 10.9. The number of Topliss-reactive ketones (excluding diaryl/α,β-unsaturated/α-hetero) is 1. The second-order valence-corrected chi connectivity index (χ2v) is 6.89. The molecule has 0 atom stereocenters. The van der Waals surface area contributed by atoms with Gasteiger partial charge in [-0.3, -0.25) is 14.4 Å². The molecule has 144 valence electrons. The number of hydrogen-bond donors (Lipinski definition) is 1. The number of aryl methyl sites for hydroxylation is 4. The zero-order valence-electron chi connectivity index (χ0n) is 16.2. The van der Waals surface area contributed by atoms with Crippen LogP contribution < -0.4 is 5.56 Å². The third-order valence-corrected chi connectivity index (χ3v) is 4.55. The molecule has 0 radical (unpaired) electrons. The van der Waals surface area contributed by atoms with Crippen LogP contribution in [0.3, 0.4) is 0 Å². The molecule has 1 aromatic heterocycles. The van der Waals surface area contributed by atoms with Crippen molar-refractivity contribution in [3.8, 4) is 0 Å². The summed E-state index contributed by atoms with van der Waals surface area (Å²) < 4.78 is 5.13. The van der Waals surface area contributed by atoms with E-state index in [-0.39, 0.29) is 30.8 Å². The average molecular weight is 378 g/mol. The smallest absolute Gasteiger partial charge is 0.306 e. The van der Waals surface area contributed by atoms with Crippen LogP contribution in [0, 0.1) is 20.8 Å². The van der Waals surface area contributed by atoms with E-state index in [0.29, 0.717) is 22.3 Å². The molecule has 0 amide bonds. The standard InChI is InChI=1S/C22H22N2O4/c1-13-10-14(2)21(15(3)11-13)18(25)12-28-20(26)9-8-19-23-17-7-5-4-6-16(17)22(27)24-19/h4-7,10-11H,8-9,12H2,1-3H3,(H,23,24,27). The molecule has 0 aliphatic rings. The summed E-state index contributed by atoms with van der Waals surface area (Å²) >= 11 is 0. The molecular weight excluding hydrogens is 356 g/mol. The Bertz CT molecular complexity index is 1090. The number of esters is 1. The van der Waals surface area contributed by atoms with E-state index in [9.17, 15) is 14.4 Å². The lowest BCUT2D eigenvalue weighted by atomic mass is 9.97. The lowest BCUT2D eigenvalue weighted by Crippen LogP contribution is -2.18. The van der Waals surface area contributed by atoms with E-state index < -0.39 is 5.97 Å². The number of nitrogens with zero attached hydrogens (tertiary/aromatic N) is 1. The van der Waals surface area contributed by atoms with Gasteiger partial charge in [0.2, 0.25) is 5.78 Å². The number of hydrogen-bond acceptors (Lipinski definition) is 5. The molecule has 0 saturated heterocycles. The quantitative estimate of drug-likeness (QED) is 0.525. The van der Waals surface area contributed by atoms with Gasteiger partial charge in [0.25, 0.3) is 5.56 Å². The van der Waals surface area contributed by atoms with Crippen molar-refractivity contribution in [2.45, 2.75) is 33.6 Å². The zero-order chi connectivity index (χ0) is 20.3. The Morgan fingerprint density at radius 1 is 1.07 bits per heavy atom. The van der Waals surface area contributed by atoms with Gasteiger partial charge in [0.15, 0.2) is 6.61 Å². The molecule has 2 aromatic carbocycles. The summed E-state index contributed by atoms with van der Waals surface area (Å²) in [6.45, 7) is 5.41. The molecule has 0 bridgehead atoms. The molecule has 28 heavy (non-hydrogen) atoms. The van der Waals surface area contributed by atoms with Crippen LogP contribution in [0.4, 0.5) is 0 Å². The molecule has 6 nitrogen and oxygen atoms in total. The second kappa shape index (κ2) is 8.17. The van der Waals surface area contributed by atoms with Crippen molar-refractivity contribution in [2.75, 3.05) is 6.61 Å². The molecule has 3 rings (SSSR count). The summed E-state index contributed by atoms with van der Waals surface area (Å²) in [6.07, 6.45) is 0.260. The number of H-pyrrole nitrogens is 1. The van der Waals surface area contributed by atoms with Gasteiger partial charge >= 0.3 is 5.97 Å². The number of fused-ring (bicyclic) bond motifs is 1. The molecule has 0 unspecified atom stereocenters. The van der Waals surface area contributed by atoms with Gasteiger partial charge in [0.1, 0.15) is 5.82 Å². The average Bonchev–Trinajstić information content (AvgIpc) is 2.64. The van der Waals surface area contributed by atoms with Crippen molar-refractivity contribution in [1.29, 1.82) is 0 Å². The van der Waals surface area contributed by atoms with Crippen LogP contribution in [-0.4, -0.2) is 28.3 Å². The first-order valence-electron chi connectivity index (χ1n) is 9.10. The number of aromatic nitrogens is 2. The molecule has 1 heterocycles. The van der Waals surface area contributed by atoms with Crippen molar-refractivity contribution in [3.05, 3.63) is 74.8 Å². The minimum atomic E-state index is -0.508. The molecule has 0 saturated carbocycles.